The highest BCUT2D eigenvalue weighted by atomic mass is 35.5. The standard InChI is InChI=1S/C42H43ClN2O6S2/c1-41(2)27-45(34-22-19-28-11-5-7-16-32(28)38(34)41)37(53(49,50)51)18-10-15-30-13-9-14-31(40(30)43)21-24-36-42(3,4)39-33-17-8-6-12-29(33)20-23-35(39)44(36)25-26-52(46,47)48/h5-8,10-12,15-17,19-24,27,37H,9,13-14,18,25-26H2,1-4H3,(H-,46,47,48,49,50,51)/p+1. The second-order valence-corrected chi connectivity index (χ2v) is 18.8. The number of allylic oxidation sites excluding steroid dienone is 7. The van der Waals surface area contributed by atoms with Gasteiger partial charge in [0.05, 0.1) is 11.2 Å². The largest absolute Gasteiger partial charge is 0.343 e. The molecule has 4 aromatic rings. The summed E-state index contributed by atoms with van der Waals surface area (Å²) in [4.78, 5) is 1.97. The molecule has 1 atom stereocenters. The summed E-state index contributed by atoms with van der Waals surface area (Å²) < 4.78 is 71.4. The third-order valence-electron chi connectivity index (χ3n) is 10.8. The molecular weight excluding hydrogens is 728 g/mol. The van der Waals surface area contributed by atoms with Crippen LogP contribution in [0.5, 0.6) is 0 Å². The maximum absolute atomic E-state index is 12.9. The molecule has 1 unspecified atom stereocenters. The Balaban J connectivity index is 1.20. The molecule has 7 rings (SSSR count). The molecular formula is C42H44ClN2O6S2+. The van der Waals surface area contributed by atoms with Crippen LogP contribution in [0.15, 0.2) is 119 Å². The van der Waals surface area contributed by atoms with Crippen molar-refractivity contribution in [1.29, 1.82) is 0 Å². The number of hydrogen-bond acceptors (Lipinski definition) is 5. The SMILES string of the molecule is CC1(C)C=[N+](C(CC=CC2=C(Cl)C(=CC=C3N(CCS(=O)(=O)O)c4ccc5ccccc5c4C3(C)C)CCC2)S(=O)(=O)O)c2ccc3ccccc3c21. The van der Waals surface area contributed by atoms with E-state index in [1.54, 1.807) is 10.7 Å². The number of rotatable bonds is 9. The quantitative estimate of drug-likeness (QED) is 0.129. The maximum atomic E-state index is 12.9. The van der Waals surface area contributed by atoms with Crippen LogP contribution in [0.1, 0.15) is 64.5 Å². The topological polar surface area (TPSA) is 115 Å². The summed E-state index contributed by atoms with van der Waals surface area (Å²) in [6, 6.07) is 24.1. The van der Waals surface area contributed by atoms with Crippen LogP contribution in [0.25, 0.3) is 21.5 Å². The highest BCUT2D eigenvalue weighted by Gasteiger charge is 2.46. The monoisotopic (exact) mass is 771 g/mol. The Labute approximate surface area is 317 Å². The number of anilines is 1. The van der Waals surface area contributed by atoms with E-state index in [9.17, 15) is 25.9 Å². The van der Waals surface area contributed by atoms with Crippen molar-refractivity contribution in [2.24, 2.45) is 0 Å². The molecule has 2 heterocycles. The average Bonchev–Trinajstić information content (AvgIpc) is 3.50. The van der Waals surface area contributed by atoms with Crippen molar-refractivity contribution in [3.63, 3.8) is 0 Å². The number of fused-ring (bicyclic) bond motifs is 6. The molecule has 0 aromatic heterocycles. The van der Waals surface area contributed by atoms with Crippen LogP contribution in [0.2, 0.25) is 0 Å². The molecule has 0 radical (unpaired) electrons. The van der Waals surface area contributed by atoms with Crippen LogP contribution in [0.4, 0.5) is 11.4 Å². The summed E-state index contributed by atoms with van der Waals surface area (Å²) in [5.41, 5.74) is 5.50. The zero-order chi connectivity index (χ0) is 37.9. The van der Waals surface area contributed by atoms with Gasteiger partial charge in [-0.3, -0.25) is 9.11 Å². The fourth-order valence-electron chi connectivity index (χ4n) is 8.45. The number of hydrogen-bond donors (Lipinski definition) is 2. The fraction of sp³-hybridized carbons (Fsp3) is 0.310. The lowest BCUT2D eigenvalue weighted by Crippen LogP contribution is -2.31. The van der Waals surface area contributed by atoms with Gasteiger partial charge in [-0.1, -0.05) is 98.3 Å². The van der Waals surface area contributed by atoms with Gasteiger partial charge in [-0.25, -0.2) is 0 Å². The molecule has 0 amide bonds. The second-order valence-electron chi connectivity index (χ2n) is 15.2. The van der Waals surface area contributed by atoms with E-state index in [0.717, 1.165) is 73.7 Å². The van der Waals surface area contributed by atoms with Crippen LogP contribution in [-0.4, -0.2) is 54.4 Å². The van der Waals surface area contributed by atoms with E-state index in [2.05, 4.69) is 26.0 Å². The molecule has 0 saturated carbocycles. The van der Waals surface area contributed by atoms with Crippen LogP contribution < -0.4 is 4.90 Å². The minimum absolute atomic E-state index is 0.0393. The zero-order valence-electron chi connectivity index (χ0n) is 30.3. The van der Waals surface area contributed by atoms with Gasteiger partial charge in [-0.05, 0) is 89.6 Å². The predicted octanol–water partition coefficient (Wildman–Crippen LogP) is 9.33. The molecule has 0 spiro atoms. The first kappa shape index (κ1) is 37.3. The summed E-state index contributed by atoms with van der Waals surface area (Å²) in [7, 11) is -8.70. The van der Waals surface area contributed by atoms with Crippen molar-refractivity contribution in [1.82, 2.24) is 0 Å². The molecule has 4 aromatic carbocycles. The van der Waals surface area contributed by atoms with E-state index in [1.165, 1.54) is 0 Å². The van der Waals surface area contributed by atoms with Gasteiger partial charge in [0.2, 0.25) is 5.69 Å². The lowest BCUT2D eigenvalue weighted by molar-refractivity contribution is -0.452. The van der Waals surface area contributed by atoms with Gasteiger partial charge in [-0.2, -0.15) is 21.4 Å². The Kier molecular flexibility index (Phi) is 9.60. The van der Waals surface area contributed by atoms with Crippen molar-refractivity contribution < 1.29 is 30.5 Å². The van der Waals surface area contributed by atoms with Crippen LogP contribution in [0.3, 0.4) is 0 Å². The average molecular weight is 772 g/mol. The number of nitrogens with zero attached hydrogens (tertiary/aromatic N) is 2. The van der Waals surface area contributed by atoms with Gasteiger partial charge < -0.3 is 4.90 Å². The van der Waals surface area contributed by atoms with Gasteiger partial charge in [0.25, 0.3) is 15.5 Å². The molecule has 0 saturated heterocycles. The van der Waals surface area contributed by atoms with E-state index in [4.69, 9.17) is 11.6 Å². The molecule has 3 aliphatic rings. The predicted molar refractivity (Wildman–Crippen MR) is 216 cm³/mol. The highest BCUT2D eigenvalue weighted by Crippen LogP contribution is 2.51. The Morgan fingerprint density at radius 3 is 2.15 bits per heavy atom. The van der Waals surface area contributed by atoms with Crippen molar-refractivity contribution in [2.45, 2.75) is 69.6 Å². The summed E-state index contributed by atoms with van der Waals surface area (Å²) >= 11 is 7.04. The minimum Gasteiger partial charge on any atom is -0.343 e. The lowest BCUT2D eigenvalue weighted by atomic mass is 9.81. The van der Waals surface area contributed by atoms with Crippen LogP contribution >= 0.6 is 11.6 Å². The molecule has 2 aliphatic heterocycles. The summed E-state index contributed by atoms with van der Waals surface area (Å²) in [6.07, 6.45) is 11.8. The Morgan fingerprint density at radius 2 is 1.49 bits per heavy atom. The molecule has 0 fully saturated rings. The van der Waals surface area contributed by atoms with E-state index in [-0.39, 0.29) is 13.0 Å². The van der Waals surface area contributed by atoms with Gasteiger partial charge in [0, 0.05) is 46.4 Å². The molecule has 8 nitrogen and oxygen atoms in total. The van der Waals surface area contributed by atoms with Crippen LogP contribution in [0, 0.1) is 0 Å². The first-order valence-electron chi connectivity index (χ1n) is 17.8. The Morgan fingerprint density at radius 1 is 0.849 bits per heavy atom. The van der Waals surface area contributed by atoms with Crippen LogP contribution in [-0.2, 0) is 31.1 Å². The van der Waals surface area contributed by atoms with Crippen molar-refractivity contribution >= 4 is 71.0 Å². The van der Waals surface area contributed by atoms with Gasteiger partial charge in [-0.15, -0.1) is 0 Å². The first-order chi connectivity index (χ1) is 25.0. The zero-order valence-corrected chi connectivity index (χ0v) is 32.6. The second kappa shape index (κ2) is 13.7. The Bertz CT molecular complexity index is 2550. The van der Waals surface area contributed by atoms with E-state index in [1.807, 2.05) is 104 Å². The fourth-order valence-corrected chi connectivity index (χ4v) is 9.99. The highest BCUT2D eigenvalue weighted by molar-refractivity contribution is 7.86. The van der Waals surface area contributed by atoms with Gasteiger partial charge in [0.15, 0.2) is 6.21 Å². The molecule has 276 valence electrons. The number of benzene rings is 4. The van der Waals surface area contributed by atoms with Crippen molar-refractivity contribution in [3.05, 3.63) is 130 Å². The lowest BCUT2D eigenvalue weighted by Gasteiger charge is -2.27. The molecule has 11 heteroatoms. The first-order valence-corrected chi connectivity index (χ1v) is 21.3. The summed E-state index contributed by atoms with van der Waals surface area (Å²) in [5, 5.41) is 3.65. The molecule has 1 aliphatic carbocycles. The van der Waals surface area contributed by atoms with E-state index >= 15 is 0 Å². The molecule has 2 N–H and O–H groups in total. The third-order valence-corrected chi connectivity index (χ3v) is 13.1. The Hall–Kier alpha value is -4.06. The number of halogens is 1. The normalized spacial score (nSPS) is 20.5. The van der Waals surface area contributed by atoms with E-state index < -0.39 is 42.2 Å². The molecule has 53 heavy (non-hydrogen) atoms. The maximum Gasteiger partial charge on any atom is 0.330 e. The van der Waals surface area contributed by atoms with Crippen molar-refractivity contribution in [3.8, 4) is 0 Å². The van der Waals surface area contributed by atoms with Gasteiger partial charge >= 0.3 is 10.1 Å². The third kappa shape index (κ3) is 7.03. The van der Waals surface area contributed by atoms with Gasteiger partial charge in [0.1, 0.15) is 0 Å². The molecule has 0 bridgehead atoms. The van der Waals surface area contributed by atoms with E-state index in [0.29, 0.717) is 11.5 Å². The summed E-state index contributed by atoms with van der Waals surface area (Å²) in [5.74, 6) is -0.418. The summed E-state index contributed by atoms with van der Waals surface area (Å²) in [6.45, 7) is 8.42. The van der Waals surface area contributed by atoms with Crippen molar-refractivity contribution in [2.75, 3.05) is 17.2 Å². The smallest absolute Gasteiger partial charge is 0.330 e. The minimum atomic E-state index is -4.49.